The fraction of sp³-hybridized carbons (Fsp3) is 0.417. The molecule has 0 fully saturated rings. The van der Waals surface area contributed by atoms with E-state index in [9.17, 15) is 18.0 Å². The van der Waals surface area contributed by atoms with Gasteiger partial charge >= 0.3 is 6.18 Å². The van der Waals surface area contributed by atoms with Crippen LogP contribution in [0.15, 0.2) is 24.3 Å². The molecular formula is C12H14F3NO. The molecule has 0 aliphatic rings. The van der Waals surface area contributed by atoms with Crippen molar-refractivity contribution in [1.82, 2.24) is 5.32 Å². The maximum atomic E-state index is 12.5. The fourth-order valence-electron chi connectivity index (χ4n) is 1.41. The number of carbonyl (C=O) groups excluding carboxylic acids is 1. The van der Waals surface area contributed by atoms with Crippen molar-refractivity contribution in [2.75, 3.05) is 0 Å². The molecule has 0 heterocycles. The Morgan fingerprint density at radius 1 is 1.41 bits per heavy atom. The van der Waals surface area contributed by atoms with Gasteiger partial charge in [-0.1, -0.05) is 19.1 Å². The molecular weight excluding hydrogens is 231 g/mol. The van der Waals surface area contributed by atoms with Crippen molar-refractivity contribution in [2.45, 2.75) is 32.5 Å². The Hall–Kier alpha value is -1.52. The summed E-state index contributed by atoms with van der Waals surface area (Å²) in [5.74, 6) is -0.185. The molecule has 0 aromatic heterocycles. The molecule has 0 aliphatic heterocycles. The summed E-state index contributed by atoms with van der Waals surface area (Å²) < 4.78 is 37.4. The molecule has 1 unspecified atom stereocenters. The van der Waals surface area contributed by atoms with E-state index in [0.29, 0.717) is 12.0 Å². The van der Waals surface area contributed by atoms with E-state index in [-0.39, 0.29) is 5.91 Å². The van der Waals surface area contributed by atoms with Gasteiger partial charge in [-0.05, 0) is 24.6 Å². The number of hydrogen-bond acceptors (Lipinski definition) is 1. The second-order valence-electron chi connectivity index (χ2n) is 3.77. The van der Waals surface area contributed by atoms with E-state index in [1.165, 1.54) is 6.07 Å². The number of alkyl halides is 3. The Balaban J connectivity index is 2.88. The topological polar surface area (TPSA) is 29.1 Å². The number of amides is 1. The van der Waals surface area contributed by atoms with Gasteiger partial charge in [0.15, 0.2) is 0 Å². The molecule has 0 aliphatic carbocycles. The van der Waals surface area contributed by atoms with Gasteiger partial charge in [-0.3, -0.25) is 4.79 Å². The van der Waals surface area contributed by atoms with Crippen LogP contribution in [0, 0.1) is 0 Å². The summed E-state index contributed by atoms with van der Waals surface area (Å²) in [6, 6.07) is 4.55. The minimum Gasteiger partial charge on any atom is -0.350 e. The molecule has 17 heavy (non-hydrogen) atoms. The highest BCUT2D eigenvalue weighted by Gasteiger charge is 2.30. The van der Waals surface area contributed by atoms with E-state index >= 15 is 0 Å². The predicted molar refractivity (Wildman–Crippen MR) is 58.3 cm³/mol. The van der Waals surface area contributed by atoms with Crippen molar-refractivity contribution in [1.29, 1.82) is 0 Å². The lowest BCUT2D eigenvalue weighted by molar-refractivity contribution is -0.137. The molecule has 0 spiro atoms. The summed E-state index contributed by atoms with van der Waals surface area (Å²) in [6.07, 6.45) is -4.05. The van der Waals surface area contributed by atoms with Gasteiger partial charge in [0, 0.05) is 6.42 Å². The van der Waals surface area contributed by atoms with Crippen LogP contribution < -0.4 is 5.32 Å². The number of halogens is 3. The van der Waals surface area contributed by atoms with Gasteiger partial charge < -0.3 is 5.32 Å². The lowest BCUT2D eigenvalue weighted by atomic mass is 10.0. The van der Waals surface area contributed by atoms with E-state index in [1.807, 2.05) is 0 Å². The van der Waals surface area contributed by atoms with Crippen LogP contribution in [0.1, 0.15) is 37.4 Å². The zero-order valence-corrected chi connectivity index (χ0v) is 9.64. The van der Waals surface area contributed by atoms with Crippen LogP contribution in [-0.2, 0) is 11.0 Å². The summed E-state index contributed by atoms with van der Waals surface area (Å²) in [5, 5.41) is 2.62. The summed E-state index contributed by atoms with van der Waals surface area (Å²) >= 11 is 0. The Morgan fingerprint density at radius 2 is 2.06 bits per heavy atom. The zero-order valence-electron chi connectivity index (χ0n) is 9.64. The van der Waals surface area contributed by atoms with Crippen LogP contribution in [0.5, 0.6) is 0 Å². The Kier molecular flexibility index (Phi) is 4.15. The molecule has 1 amide bonds. The minimum absolute atomic E-state index is 0.185. The molecule has 1 aromatic carbocycles. The summed E-state index contributed by atoms with van der Waals surface area (Å²) in [4.78, 5) is 11.1. The lowest BCUT2D eigenvalue weighted by Gasteiger charge is -2.15. The fourth-order valence-corrected chi connectivity index (χ4v) is 1.41. The number of rotatable bonds is 3. The first-order chi connectivity index (χ1) is 7.84. The van der Waals surface area contributed by atoms with Crippen molar-refractivity contribution in [3.05, 3.63) is 35.4 Å². The molecule has 0 saturated heterocycles. The highest BCUT2D eigenvalue weighted by atomic mass is 19.4. The van der Waals surface area contributed by atoms with Crippen LogP contribution >= 0.6 is 0 Å². The molecule has 0 bridgehead atoms. The number of nitrogens with one attached hydrogen (secondary N) is 1. The first-order valence-corrected chi connectivity index (χ1v) is 5.31. The van der Waals surface area contributed by atoms with Gasteiger partial charge in [0.2, 0.25) is 5.91 Å². The summed E-state index contributed by atoms with van der Waals surface area (Å²) in [7, 11) is 0. The third-order valence-corrected chi connectivity index (χ3v) is 2.41. The molecule has 1 N–H and O–H groups in total. The van der Waals surface area contributed by atoms with Gasteiger partial charge in [-0.25, -0.2) is 0 Å². The maximum Gasteiger partial charge on any atom is 0.416 e. The number of benzene rings is 1. The van der Waals surface area contributed by atoms with E-state index in [1.54, 1.807) is 19.9 Å². The van der Waals surface area contributed by atoms with Crippen molar-refractivity contribution in [2.24, 2.45) is 0 Å². The first kappa shape index (κ1) is 13.5. The second-order valence-corrected chi connectivity index (χ2v) is 3.77. The second kappa shape index (κ2) is 5.21. The Bertz CT molecular complexity index is 401. The number of hydrogen-bond donors (Lipinski definition) is 1. The highest BCUT2D eigenvalue weighted by molar-refractivity contribution is 5.76. The van der Waals surface area contributed by atoms with Gasteiger partial charge in [0.1, 0.15) is 0 Å². The Morgan fingerprint density at radius 3 is 2.59 bits per heavy atom. The maximum absolute atomic E-state index is 12.5. The van der Waals surface area contributed by atoms with E-state index in [0.717, 1.165) is 12.1 Å². The number of carbonyl (C=O) groups is 1. The standard InChI is InChI=1S/C12H14F3NO/c1-3-11(17)16-8(2)9-5-4-6-10(7-9)12(13,14)15/h4-8H,3H2,1-2H3,(H,16,17). The molecule has 1 aromatic rings. The van der Waals surface area contributed by atoms with Gasteiger partial charge in [-0.15, -0.1) is 0 Å². The third-order valence-electron chi connectivity index (χ3n) is 2.41. The molecule has 1 atom stereocenters. The smallest absolute Gasteiger partial charge is 0.350 e. The minimum atomic E-state index is -4.36. The zero-order chi connectivity index (χ0) is 13.1. The normalized spacial score (nSPS) is 13.2. The molecule has 0 radical (unpaired) electrons. The first-order valence-electron chi connectivity index (χ1n) is 5.31. The molecule has 94 valence electrons. The van der Waals surface area contributed by atoms with Gasteiger partial charge in [-0.2, -0.15) is 13.2 Å². The molecule has 2 nitrogen and oxygen atoms in total. The van der Waals surface area contributed by atoms with Gasteiger partial charge in [0.25, 0.3) is 0 Å². The highest BCUT2D eigenvalue weighted by Crippen LogP contribution is 2.30. The van der Waals surface area contributed by atoms with E-state index < -0.39 is 17.8 Å². The predicted octanol–water partition coefficient (Wildman–Crippen LogP) is 3.29. The average Bonchev–Trinajstić information content (AvgIpc) is 2.28. The molecule has 1 rings (SSSR count). The lowest BCUT2D eigenvalue weighted by Crippen LogP contribution is -2.25. The summed E-state index contributed by atoms with van der Waals surface area (Å²) in [5.41, 5.74) is -0.255. The van der Waals surface area contributed by atoms with Crippen LogP contribution in [0.3, 0.4) is 0 Å². The molecule has 0 saturated carbocycles. The average molecular weight is 245 g/mol. The van der Waals surface area contributed by atoms with Gasteiger partial charge in [0.05, 0.1) is 11.6 Å². The third kappa shape index (κ3) is 3.76. The van der Waals surface area contributed by atoms with E-state index in [4.69, 9.17) is 0 Å². The van der Waals surface area contributed by atoms with Crippen molar-refractivity contribution >= 4 is 5.91 Å². The van der Waals surface area contributed by atoms with Crippen molar-refractivity contribution in [3.63, 3.8) is 0 Å². The van der Waals surface area contributed by atoms with Crippen LogP contribution in [0.25, 0.3) is 0 Å². The van der Waals surface area contributed by atoms with Crippen molar-refractivity contribution < 1.29 is 18.0 Å². The quantitative estimate of drug-likeness (QED) is 0.869. The SMILES string of the molecule is CCC(=O)NC(C)c1cccc(C(F)(F)F)c1. The monoisotopic (exact) mass is 245 g/mol. The van der Waals surface area contributed by atoms with Crippen LogP contribution in [-0.4, -0.2) is 5.91 Å². The largest absolute Gasteiger partial charge is 0.416 e. The van der Waals surface area contributed by atoms with E-state index in [2.05, 4.69) is 5.32 Å². The molecule has 5 heteroatoms. The Labute approximate surface area is 97.8 Å². The van der Waals surface area contributed by atoms with Crippen LogP contribution in [0.2, 0.25) is 0 Å². The van der Waals surface area contributed by atoms with Crippen molar-refractivity contribution in [3.8, 4) is 0 Å². The van der Waals surface area contributed by atoms with Crippen LogP contribution in [0.4, 0.5) is 13.2 Å². The summed E-state index contributed by atoms with van der Waals surface area (Å²) in [6.45, 7) is 3.34.